The van der Waals surface area contributed by atoms with Gasteiger partial charge in [-0.15, -0.1) is 0 Å². The zero-order chi connectivity index (χ0) is 12.5. The summed E-state index contributed by atoms with van der Waals surface area (Å²) in [4.78, 5) is 0. The molecular formula is C13H18FNO2. The number of nitrogens with two attached hydrogens (primary N) is 1. The van der Waals surface area contributed by atoms with Gasteiger partial charge in [-0.05, 0) is 12.5 Å². The van der Waals surface area contributed by atoms with Gasteiger partial charge in [0.25, 0.3) is 0 Å². The lowest BCUT2D eigenvalue weighted by molar-refractivity contribution is -0.0339. The molecule has 0 saturated carbocycles. The number of fused-ring (bicyclic) bond motifs is 1. The van der Waals surface area contributed by atoms with Crippen LogP contribution in [0.2, 0.25) is 0 Å². The van der Waals surface area contributed by atoms with E-state index in [1.165, 1.54) is 12.1 Å². The number of hydrogen-bond donors (Lipinski definition) is 1. The van der Waals surface area contributed by atoms with Crippen LogP contribution in [0.5, 0.6) is 5.75 Å². The molecule has 0 saturated heterocycles. The first-order valence-electron chi connectivity index (χ1n) is 5.83. The minimum Gasteiger partial charge on any atom is -0.484 e. The van der Waals surface area contributed by atoms with Gasteiger partial charge in [-0.25, -0.2) is 4.39 Å². The molecule has 3 nitrogen and oxygen atoms in total. The molecule has 2 unspecified atom stereocenters. The lowest BCUT2D eigenvalue weighted by Gasteiger charge is -2.40. The Hall–Kier alpha value is -1.13. The fourth-order valence-electron chi connectivity index (χ4n) is 2.36. The number of ether oxygens (including phenoxy) is 2. The Bertz CT molecular complexity index is 410. The molecule has 0 aliphatic carbocycles. The summed E-state index contributed by atoms with van der Waals surface area (Å²) < 4.78 is 24.3. The Kier molecular flexibility index (Phi) is 3.35. The lowest BCUT2D eigenvalue weighted by Crippen LogP contribution is -2.46. The van der Waals surface area contributed by atoms with Crippen molar-refractivity contribution in [2.45, 2.75) is 31.4 Å². The summed E-state index contributed by atoms with van der Waals surface area (Å²) in [6, 6.07) is 4.38. The average Bonchev–Trinajstić information content (AvgIpc) is 2.28. The van der Waals surface area contributed by atoms with Crippen molar-refractivity contribution in [3.63, 3.8) is 0 Å². The summed E-state index contributed by atoms with van der Waals surface area (Å²) in [5.74, 6) is 0.239. The maximum Gasteiger partial charge on any atom is 0.134 e. The number of halogens is 1. The SMILES string of the molecule is CCC1(COC)CC(N)c2ccc(F)cc2O1. The molecular weight excluding hydrogens is 221 g/mol. The fraction of sp³-hybridized carbons (Fsp3) is 0.538. The van der Waals surface area contributed by atoms with E-state index in [2.05, 4.69) is 0 Å². The van der Waals surface area contributed by atoms with Crippen LogP contribution in [0, 0.1) is 5.82 Å². The molecule has 1 heterocycles. The smallest absolute Gasteiger partial charge is 0.134 e. The maximum absolute atomic E-state index is 13.2. The minimum absolute atomic E-state index is 0.130. The summed E-state index contributed by atoms with van der Waals surface area (Å²) >= 11 is 0. The molecule has 1 aliphatic rings. The van der Waals surface area contributed by atoms with E-state index < -0.39 is 5.60 Å². The Balaban J connectivity index is 2.36. The molecule has 2 atom stereocenters. The standard InChI is InChI=1S/C13H18FNO2/c1-3-13(8-16-2)7-11(15)10-5-4-9(14)6-12(10)17-13/h4-6,11H,3,7-8,15H2,1-2H3. The van der Waals surface area contributed by atoms with Crippen molar-refractivity contribution in [2.75, 3.05) is 13.7 Å². The Labute approximate surface area is 101 Å². The van der Waals surface area contributed by atoms with Crippen molar-refractivity contribution >= 4 is 0 Å². The Morgan fingerprint density at radius 3 is 3.00 bits per heavy atom. The first kappa shape index (κ1) is 12.3. The van der Waals surface area contributed by atoms with Crippen molar-refractivity contribution in [3.05, 3.63) is 29.6 Å². The lowest BCUT2D eigenvalue weighted by atomic mass is 9.86. The first-order valence-corrected chi connectivity index (χ1v) is 5.83. The second-order valence-corrected chi connectivity index (χ2v) is 4.56. The normalized spacial score (nSPS) is 27.4. The van der Waals surface area contributed by atoms with Gasteiger partial charge in [0.05, 0.1) is 6.61 Å². The van der Waals surface area contributed by atoms with E-state index in [0.717, 1.165) is 12.0 Å². The quantitative estimate of drug-likeness (QED) is 0.881. The highest BCUT2D eigenvalue weighted by Crippen LogP contribution is 2.40. The minimum atomic E-state index is -0.436. The second kappa shape index (κ2) is 4.63. The topological polar surface area (TPSA) is 44.5 Å². The van der Waals surface area contributed by atoms with E-state index in [0.29, 0.717) is 18.8 Å². The average molecular weight is 239 g/mol. The van der Waals surface area contributed by atoms with Gasteiger partial charge < -0.3 is 15.2 Å². The van der Waals surface area contributed by atoms with Crippen molar-refractivity contribution in [1.29, 1.82) is 0 Å². The van der Waals surface area contributed by atoms with Gasteiger partial charge in [-0.1, -0.05) is 13.0 Å². The molecule has 0 bridgehead atoms. The van der Waals surface area contributed by atoms with Gasteiger partial charge >= 0.3 is 0 Å². The zero-order valence-electron chi connectivity index (χ0n) is 10.2. The zero-order valence-corrected chi connectivity index (χ0v) is 10.2. The molecule has 1 aromatic rings. The Morgan fingerprint density at radius 2 is 2.35 bits per heavy atom. The molecule has 0 amide bonds. The highest BCUT2D eigenvalue weighted by atomic mass is 19.1. The van der Waals surface area contributed by atoms with Crippen LogP contribution in [0.15, 0.2) is 18.2 Å². The number of hydrogen-bond acceptors (Lipinski definition) is 3. The van der Waals surface area contributed by atoms with Gasteiger partial charge in [-0.3, -0.25) is 0 Å². The number of methoxy groups -OCH3 is 1. The molecule has 0 fully saturated rings. The third-order valence-electron chi connectivity index (χ3n) is 3.35. The summed E-state index contributed by atoms with van der Waals surface area (Å²) in [6.07, 6.45) is 1.47. The predicted octanol–water partition coefficient (Wildman–Crippen LogP) is 2.40. The summed E-state index contributed by atoms with van der Waals surface area (Å²) in [5, 5.41) is 0. The summed E-state index contributed by atoms with van der Waals surface area (Å²) in [7, 11) is 1.63. The van der Waals surface area contributed by atoms with E-state index in [4.69, 9.17) is 15.2 Å². The molecule has 1 aliphatic heterocycles. The fourth-order valence-corrected chi connectivity index (χ4v) is 2.36. The van der Waals surface area contributed by atoms with E-state index in [1.54, 1.807) is 13.2 Å². The first-order chi connectivity index (χ1) is 8.10. The highest BCUT2D eigenvalue weighted by molar-refractivity contribution is 5.39. The van der Waals surface area contributed by atoms with E-state index in [1.807, 2.05) is 6.92 Å². The molecule has 17 heavy (non-hydrogen) atoms. The molecule has 94 valence electrons. The van der Waals surface area contributed by atoms with Crippen molar-refractivity contribution in [1.82, 2.24) is 0 Å². The van der Waals surface area contributed by atoms with Crippen LogP contribution in [0.25, 0.3) is 0 Å². The van der Waals surface area contributed by atoms with Gasteiger partial charge in [0.1, 0.15) is 17.2 Å². The van der Waals surface area contributed by atoms with Gasteiger partial charge in [0, 0.05) is 31.2 Å². The summed E-state index contributed by atoms with van der Waals surface area (Å²) in [6.45, 7) is 2.49. The highest BCUT2D eigenvalue weighted by Gasteiger charge is 2.38. The van der Waals surface area contributed by atoms with E-state index in [9.17, 15) is 4.39 Å². The van der Waals surface area contributed by atoms with Gasteiger partial charge in [-0.2, -0.15) is 0 Å². The van der Waals surface area contributed by atoms with Gasteiger partial charge in [0.15, 0.2) is 0 Å². The van der Waals surface area contributed by atoms with E-state index >= 15 is 0 Å². The van der Waals surface area contributed by atoms with Crippen molar-refractivity contribution < 1.29 is 13.9 Å². The maximum atomic E-state index is 13.2. The van der Waals surface area contributed by atoms with Crippen LogP contribution in [0.3, 0.4) is 0 Å². The molecule has 1 aromatic carbocycles. The van der Waals surface area contributed by atoms with E-state index in [-0.39, 0.29) is 11.9 Å². The van der Waals surface area contributed by atoms with Crippen LogP contribution in [0.1, 0.15) is 31.4 Å². The van der Waals surface area contributed by atoms with Gasteiger partial charge in [0.2, 0.25) is 0 Å². The van der Waals surface area contributed by atoms with Crippen LogP contribution in [-0.2, 0) is 4.74 Å². The van der Waals surface area contributed by atoms with Crippen LogP contribution >= 0.6 is 0 Å². The monoisotopic (exact) mass is 239 g/mol. The third-order valence-corrected chi connectivity index (χ3v) is 3.35. The third kappa shape index (κ3) is 2.28. The molecule has 0 radical (unpaired) electrons. The molecule has 4 heteroatoms. The summed E-state index contributed by atoms with van der Waals surface area (Å²) in [5.41, 5.74) is 6.55. The second-order valence-electron chi connectivity index (χ2n) is 4.56. The van der Waals surface area contributed by atoms with Crippen molar-refractivity contribution in [2.24, 2.45) is 5.73 Å². The largest absolute Gasteiger partial charge is 0.484 e. The van der Waals surface area contributed by atoms with Crippen LogP contribution in [-0.4, -0.2) is 19.3 Å². The number of benzene rings is 1. The Morgan fingerprint density at radius 1 is 1.59 bits per heavy atom. The molecule has 2 rings (SSSR count). The van der Waals surface area contributed by atoms with Crippen LogP contribution < -0.4 is 10.5 Å². The number of rotatable bonds is 3. The predicted molar refractivity (Wildman–Crippen MR) is 63.5 cm³/mol. The van der Waals surface area contributed by atoms with Crippen molar-refractivity contribution in [3.8, 4) is 5.75 Å². The molecule has 0 spiro atoms. The molecule has 0 aromatic heterocycles. The van der Waals surface area contributed by atoms with Crippen LogP contribution in [0.4, 0.5) is 4.39 Å². The molecule has 2 N–H and O–H groups in total.